The second kappa shape index (κ2) is 6.99. The molecule has 0 radical (unpaired) electrons. The fourth-order valence-corrected chi connectivity index (χ4v) is 1.91. The zero-order valence-corrected chi connectivity index (χ0v) is 10.6. The molecule has 0 aromatic rings. The van der Waals surface area contributed by atoms with Gasteiger partial charge in [-0.15, -0.1) is 13.2 Å². The van der Waals surface area contributed by atoms with Gasteiger partial charge in [0.15, 0.2) is 0 Å². The predicted octanol–water partition coefficient (Wildman–Crippen LogP) is 2.12. The Morgan fingerprint density at radius 1 is 1.28 bits per heavy atom. The molecule has 18 heavy (non-hydrogen) atoms. The van der Waals surface area contributed by atoms with E-state index in [1.807, 2.05) is 0 Å². The molecule has 0 aromatic heterocycles. The van der Waals surface area contributed by atoms with E-state index in [1.54, 1.807) is 12.2 Å². The van der Waals surface area contributed by atoms with Crippen molar-refractivity contribution in [1.82, 2.24) is 5.32 Å². The van der Waals surface area contributed by atoms with Crippen LogP contribution in [0.2, 0.25) is 0 Å². The zero-order valence-electron chi connectivity index (χ0n) is 10.6. The number of nitrogens with one attached hydrogen (secondary N) is 1. The molecule has 0 aromatic carbocycles. The van der Waals surface area contributed by atoms with Gasteiger partial charge < -0.3 is 10.4 Å². The number of aliphatic carboxylic acids is 1. The van der Waals surface area contributed by atoms with Gasteiger partial charge in [-0.3, -0.25) is 4.79 Å². The van der Waals surface area contributed by atoms with Gasteiger partial charge in [0, 0.05) is 5.92 Å². The summed E-state index contributed by atoms with van der Waals surface area (Å²) in [6.07, 6.45) is 7.09. The highest BCUT2D eigenvalue weighted by Gasteiger charge is 2.31. The SMILES string of the molecule is C=CCC(CC=C)C(=O)NC(CC1CC1)C(=O)O. The summed E-state index contributed by atoms with van der Waals surface area (Å²) in [5, 5.41) is 11.7. The summed E-state index contributed by atoms with van der Waals surface area (Å²) in [7, 11) is 0. The maximum Gasteiger partial charge on any atom is 0.326 e. The van der Waals surface area contributed by atoms with Crippen molar-refractivity contribution in [3.8, 4) is 0 Å². The van der Waals surface area contributed by atoms with E-state index in [2.05, 4.69) is 18.5 Å². The normalized spacial score (nSPS) is 16.1. The Labute approximate surface area is 108 Å². The molecular weight excluding hydrogens is 230 g/mol. The molecule has 0 saturated heterocycles. The fourth-order valence-electron chi connectivity index (χ4n) is 1.91. The van der Waals surface area contributed by atoms with Crippen molar-refractivity contribution in [2.24, 2.45) is 11.8 Å². The Morgan fingerprint density at radius 3 is 2.22 bits per heavy atom. The van der Waals surface area contributed by atoms with Crippen LogP contribution >= 0.6 is 0 Å². The first-order valence-corrected chi connectivity index (χ1v) is 6.33. The number of carbonyl (C=O) groups is 2. The number of carbonyl (C=O) groups excluding carboxylic acids is 1. The molecule has 1 aliphatic carbocycles. The average molecular weight is 251 g/mol. The van der Waals surface area contributed by atoms with Crippen molar-refractivity contribution < 1.29 is 14.7 Å². The van der Waals surface area contributed by atoms with Crippen LogP contribution in [0, 0.1) is 11.8 Å². The lowest BCUT2D eigenvalue weighted by molar-refractivity contribution is -0.142. The molecular formula is C14H21NO3. The van der Waals surface area contributed by atoms with Gasteiger partial charge in [-0.2, -0.15) is 0 Å². The van der Waals surface area contributed by atoms with E-state index in [4.69, 9.17) is 5.11 Å². The molecule has 0 aliphatic heterocycles. The number of rotatable bonds is 9. The van der Waals surface area contributed by atoms with Gasteiger partial charge in [-0.1, -0.05) is 25.0 Å². The summed E-state index contributed by atoms with van der Waals surface area (Å²) in [6.45, 7) is 7.21. The maximum absolute atomic E-state index is 12.0. The average Bonchev–Trinajstić information content (AvgIpc) is 3.11. The molecule has 4 nitrogen and oxygen atoms in total. The van der Waals surface area contributed by atoms with Gasteiger partial charge >= 0.3 is 5.97 Å². The van der Waals surface area contributed by atoms with Crippen molar-refractivity contribution in [3.63, 3.8) is 0 Å². The largest absolute Gasteiger partial charge is 0.480 e. The monoisotopic (exact) mass is 251 g/mol. The third-order valence-electron chi connectivity index (χ3n) is 3.15. The fraction of sp³-hybridized carbons (Fsp3) is 0.571. The molecule has 1 saturated carbocycles. The van der Waals surface area contributed by atoms with Crippen LogP contribution in [-0.2, 0) is 9.59 Å². The number of carboxylic acids is 1. The van der Waals surface area contributed by atoms with Crippen LogP contribution in [0.5, 0.6) is 0 Å². The van der Waals surface area contributed by atoms with Crippen LogP contribution in [0.1, 0.15) is 32.1 Å². The van der Waals surface area contributed by atoms with E-state index in [-0.39, 0.29) is 11.8 Å². The van der Waals surface area contributed by atoms with E-state index >= 15 is 0 Å². The Kier molecular flexibility index (Phi) is 5.62. The smallest absolute Gasteiger partial charge is 0.326 e. The molecule has 1 fully saturated rings. The van der Waals surface area contributed by atoms with E-state index in [0.29, 0.717) is 25.2 Å². The van der Waals surface area contributed by atoms with Crippen LogP contribution in [0.25, 0.3) is 0 Å². The van der Waals surface area contributed by atoms with Gasteiger partial charge in [0.25, 0.3) is 0 Å². The van der Waals surface area contributed by atoms with Crippen LogP contribution in [0.3, 0.4) is 0 Å². The molecule has 1 unspecified atom stereocenters. The molecule has 0 heterocycles. The first kappa shape index (κ1) is 14.5. The number of allylic oxidation sites excluding steroid dienone is 2. The van der Waals surface area contributed by atoms with Gasteiger partial charge in [0.05, 0.1) is 0 Å². The number of hydrogen-bond donors (Lipinski definition) is 2. The topological polar surface area (TPSA) is 66.4 Å². The minimum atomic E-state index is -0.953. The number of amides is 1. The minimum absolute atomic E-state index is 0.220. The van der Waals surface area contributed by atoms with Crippen molar-refractivity contribution >= 4 is 11.9 Å². The van der Waals surface area contributed by atoms with Gasteiger partial charge in [0.1, 0.15) is 6.04 Å². The van der Waals surface area contributed by atoms with Crippen molar-refractivity contribution in [3.05, 3.63) is 25.3 Å². The summed E-state index contributed by atoms with van der Waals surface area (Å²) in [5.41, 5.74) is 0. The Bertz CT molecular complexity index is 324. The van der Waals surface area contributed by atoms with Gasteiger partial charge in [-0.05, 0) is 25.2 Å². The molecule has 2 N–H and O–H groups in total. The Hall–Kier alpha value is -1.58. The molecule has 1 aliphatic rings. The second-order valence-electron chi connectivity index (χ2n) is 4.82. The molecule has 1 rings (SSSR count). The van der Waals surface area contributed by atoms with Gasteiger partial charge in [0.2, 0.25) is 5.91 Å². The predicted molar refractivity (Wildman–Crippen MR) is 70.0 cm³/mol. The first-order chi connectivity index (χ1) is 8.58. The molecule has 1 amide bonds. The summed E-state index contributed by atoms with van der Waals surface area (Å²) in [6, 6.07) is -0.762. The molecule has 4 heteroatoms. The maximum atomic E-state index is 12.0. The third-order valence-corrected chi connectivity index (χ3v) is 3.15. The lowest BCUT2D eigenvalue weighted by Crippen LogP contribution is -2.43. The molecule has 0 bridgehead atoms. The van der Waals surface area contributed by atoms with Crippen LogP contribution < -0.4 is 5.32 Å². The number of hydrogen-bond acceptors (Lipinski definition) is 2. The highest BCUT2D eigenvalue weighted by molar-refractivity contribution is 5.85. The Morgan fingerprint density at radius 2 is 1.83 bits per heavy atom. The van der Waals surface area contributed by atoms with E-state index in [1.165, 1.54) is 0 Å². The van der Waals surface area contributed by atoms with Crippen LogP contribution in [0.15, 0.2) is 25.3 Å². The third kappa shape index (κ3) is 4.73. The zero-order chi connectivity index (χ0) is 13.5. The standard InChI is InChI=1S/C14H21NO3/c1-3-5-11(6-4-2)13(16)15-12(14(17)18)9-10-7-8-10/h3-4,10-12H,1-2,5-9H2,(H,15,16)(H,17,18). The second-order valence-corrected chi connectivity index (χ2v) is 4.82. The first-order valence-electron chi connectivity index (χ1n) is 6.33. The minimum Gasteiger partial charge on any atom is -0.480 e. The highest BCUT2D eigenvalue weighted by Crippen LogP contribution is 2.33. The number of carboxylic acid groups (broad SMARTS) is 1. The highest BCUT2D eigenvalue weighted by atomic mass is 16.4. The van der Waals surface area contributed by atoms with Crippen LogP contribution in [-0.4, -0.2) is 23.0 Å². The molecule has 0 spiro atoms. The quantitative estimate of drug-likeness (QED) is 0.617. The summed E-state index contributed by atoms with van der Waals surface area (Å²) >= 11 is 0. The van der Waals surface area contributed by atoms with Crippen molar-refractivity contribution in [2.75, 3.05) is 0 Å². The lowest BCUT2D eigenvalue weighted by atomic mass is 9.99. The van der Waals surface area contributed by atoms with E-state index in [9.17, 15) is 9.59 Å². The lowest BCUT2D eigenvalue weighted by Gasteiger charge is -2.18. The molecule has 1 atom stereocenters. The van der Waals surface area contributed by atoms with Crippen molar-refractivity contribution in [1.29, 1.82) is 0 Å². The Balaban J connectivity index is 2.53. The summed E-state index contributed by atoms with van der Waals surface area (Å²) in [4.78, 5) is 23.1. The molecule has 100 valence electrons. The van der Waals surface area contributed by atoms with Gasteiger partial charge in [-0.25, -0.2) is 4.79 Å². The van der Waals surface area contributed by atoms with E-state index in [0.717, 1.165) is 12.8 Å². The summed E-state index contributed by atoms with van der Waals surface area (Å²) < 4.78 is 0. The summed E-state index contributed by atoms with van der Waals surface area (Å²) in [5.74, 6) is -0.973. The van der Waals surface area contributed by atoms with Crippen LogP contribution in [0.4, 0.5) is 0 Å². The van der Waals surface area contributed by atoms with Crippen molar-refractivity contribution in [2.45, 2.75) is 38.1 Å². The van der Waals surface area contributed by atoms with E-state index < -0.39 is 12.0 Å².